The highest BCUT2D eigenvalue weighted by atomic mass is 35.5. The Hall–Kier alpha value is -2.91. The zero-order valence-corrected chi connectivity index (χ0v) is 18.5. The maximum absolute atomic E-state index is 6.13. The quantitative estimate of drug-likeness (QED) is 0.362. The molecular weight excluding hydrogens is 390 g/mol. The SMILES string of the molecule is CC(C)c1cccc(C(C)C)c1-c1nc(-c2ccncc2)c(-c2ccc(Cl)cc2)[nH]1. The third-order valence-electron chi connectivity index (χ3n) is 5.40. The standard InChI is InChI=1S/C26H26ClN3/c1-16(2)21-6-5-7-22(17(3)4)23(21)26-29-24(18-8-10-20(27)11-9-18)25(30-26)19-12-14-28-15-13-19/h5-17H,1-4H3,(H,29,30). The molecule has 30 heavy (non-hydrogen) atoms. The molecule has 0 fully saturated rings. The predicted octanol–water partition coefficient (Wildman–Crippen LogP) is 7.71. The van der Waals surface area contributed by atoms with E-state index in [1.54, 1.807) is 12.4 Å². The van der Waals surface area contributed by atoms with Crippen LogP contribution in [0.4, 0.5) is 0 Å². The Morgan fingerprint density at radius 1 is 0.767 bits per heavy atom. The fraction of sp³-hybridized carbons (Fsp3) is 0.231. The Kier molecular flexibility index (Phi) is 5.74. The summed E-state index contributed by atoms with van der Waals surface area (Å²) in [5.74, 6) is 1.69. The number of aromatic amines is 1. The van der Waals surface area contributed by atoms with Crippen molar-refractivity contribution in [3.8, 4) is 33.9 Å². The fourth-order valence-corrected chi connectivity index (χ4v) is 3.99. The summed E-state index contributed by atoms with van der Waals surface area (Å²) in [6, 6.07) is 18.5. The van der Waals surface area contributed by atoms with E-state index in [0.29, 0.717) is 11.8 Å². The number of halogens is 1. The van der Waals surface area contributed by atoms with Crippen LogP contribution in [0.15, 0.2) is 67.0 Å². The highest BCUT2D eigenvalue weighted by Crippen LogP contribution is 2.39. The first-order valence-electron chi connectivity index (χ1n) is 10.3. The van der Waals surface area contributed by atoms with E-state index < -0.39 is 0 Å². The van der Waals surface area contributed by atoms with E-state index in [4.69, 9.17) is 16.6 Å². The zero-order valence-electron chi connectivity index (χ0n) is 17.8. The van der Waals surface area contributed by atoms with Crippen molar-refractivity contribution in [2.24, 2.45) is 0 Å². The predicted molar refractivity (Wildman–Crippen MR) is 126 cm³/mol. The lowest BCUT2D eigenvalue weighted by Gasteiger charge is -2.18. The lowest BCUT2D eigenvalue weighted by atomic mass is 9.88. The summed E-state index contributed by atoms with van der Waals surface area (Å²) < 4.78 is 0. The Morgan fingerprint density at radius 2 is 1.37 bits per heavy atom. The molecule has 0 aliphatic rings. The first-order valence-corrected chi connectivity index (χ1v) is 10.7. The molecule has 0 unspecified atom stereocenters. The van der Waals surface area contributed by atoms with Crippen LogP contribution in [-0.2, 0) is 0 Å². The molecule has 0 radical (unpaired) electrons. The average Bonchev–Trinajstić information content (AvgIpc) is 3.19. The number of hydrogen-bond acceptors (Lipinski definition) is 2. The number of benzene rings is 2. The Labute approximate surface area is 183 Å². The van der Waals surface area contributed by atoms with Gasteiger partial charge in [-0.3, -0.25) is 4.98 Å². The first-order chi connectivity index (χ1) is 14.5. The van der Waals surface area contributed by atoms with Crippen LogP contribution in [0.1, 0.15) is 50.7 Å². The summed E-state index contributed by atoms with van der Waals surface area (Å²) in [5.41, 5.74) is 7.81. The van der Waals surface area contributed by atoms with E-state index in [1.807, 2.05) is 36.4 Å². The van der Waals surface area contributed by atoms with Crippen molar-refractivity contribution in [1.29, 1.82) is 0 Å². The minimum atomic E-state index is 0.396. The molecule has 2 aromatic carbocycles. The lowest BCUT2D eigenvalue weighted by molar-refractivity contribution is 0.835. The number of rotatable bonds is 5. The molecule has 4 aromatic rings. The molecule has 1 N–H and O–H groups in total. The van der Waals surface area contributed by atoms with Crippen LogP contribution >= 0.6 is 11.6 Å². The normalized spacial score (nSPS) is 11.4. The lowest BCUT2D eigenvalue weighted by Crippen LogP contribution is -2.00. The number of nitrogens with one attached hydrogen (secondary N) is 1. The summed E-state index contributed by atoms with van der Waals surface area (Å²) in [6.45, 7) is 8.93. The van der Waals surface area contributed by atoms with Gasteiger partial charge in [0.25, 0.3) is 0 Å². The van der Waals surface area contributed by atoms with E-state index in [-0.39, 0.29) is 0 Å². The number of pyridine rings is 1. The molecule has 152 valence electrons. The molecule has 0 aliphatic carbocycles. The van der Waals surface area contributed by atoms with E-state index in [1.165, 1.54) is 16.7 Å². The molecule has 2 heterocycles. The van der Waals surface area contributed by atoms with Crippen molar-refractivity contribution >= 4 is 11.6 Å². The molecule has 0 atom stereocenters. The van der Waals surface area contributed by atoms with Crippen LogP contribution in [0, 0.1) is 0 Å². The van der Waals surface area contributed by atoms with Crippen molar-refractivity contribution in [2.75, 3.05) is 0 Å². The molecule has 0 bridgehead atoms. The summed E-state index contributed by atoms with van der Waals surface area (Å²) in [7, 11) is 0. The van der Waals surface area contributed by atoms with Crippen molar-refractivity contribution in [3.63, 3.8) is 0 Å². The van der Waals surface area contributed by atoms with Crippen LogP contribution in [0.5, 0.6) is 0 Å². The molecule has 0 spiro atoms. The number of imidazole rings is 1. The summed E-state index contributed by atoms with van der Waals surface area (Å²) in [4.78, 5) is 12.9. The van der Waals surface area contributed by atoms with Crippen LogP contribution in [0.25, 0.3) is 33.9 Å². The topological polar surface area (TPSA) is 41.6 Å². The number of H-pyrrole nitrogens is 1. The van der Waals surface area contributed by atoms with Crippen molar-refractivity contribution < 1.29 is 0 Å². The highest BCUT2D eigenvalue weighted by Gasteiger charge is 2.21. The van der Waals surface area contributed by atoms with Crippen LogP contribution in [0.3, 0.4) is 0 Å². The molecule has 3 nitrogen and oxygen atoms in total. The molecule has 2 aromatic heterocycles. The molecule has 0 amide bonds. The second-order valence-electron chi connectivity index (χ2n) is 8.17. The molecule has 0 saturated heterocycles. The Morgan fingerprint density at radius 3 is 1.93 bits per heavy atom. The molecule has 4 rings (SSSR count). The van der Waals surface area contributed by atoms with Gasteiger partial charge in [-0.2, -0.15) is 0 Å². The average molecular weight is 416 g/mol. The van der Waals surface area contributed by atoms with Gasteiger partial charge in [0.1, 0.15) is 5.82 Å². The van der Waals surface area contributed by atoms with Gasteiger partial charge >= 0.3 is 0 Å². The Balaban J connectivity index is 1.99. The second kappa shape index (κ2) is 8.45. The smallest absolute Gasteiger partial charge is 0.139 e. The number of aromatic nitrogens is 3. The minimum Gasteiger partial charge on any atom is -0.337 e. The van der Waals surface area contributed by atoms with Gasteiger partial charge < -0.3 is 4.98 Å². The van der Waals surface area contributed by atoms with Gasteiger partial charge in [0.2, 0.25) is 0 Å². The van der Waals surface area contributed by atoms with E-state index in [0.717, 1.165) is 33.4 Å². The maximum atomic E-state index is 6.13. The van der Waals surface area contributed by atoms with E-state index in [9.17, 15) is 0 Å². The third kappa shape index (κ3) is 3.90. The van der Waals surface area contributed by atoms with Crippen molar-refractivity contribution in [1.82, 2.24) is 15.0 Å². The summed E-state index contributed by atoms with van der Waals surface area (Å²) >= 11 is 6.13. The summed E-state index contributed by atoms with van der Waals surface area (Å²) in [5, 5.41) is 0.719. The van der Waals surface area contributed by atoms with Gasteiger partial charge in [0, 0.05) is 34.1 Å². The fourth-order valence-electron chi connectivity index (χ4n) is 3.86. The van der Waals surface area contributed by atoms with Gasteiger partial charge in [0.15, 0.2) is 0 Å². The minimum absolute atomic E-state index is 0.396. The summed E-state index contributed by atoms with van der Waals surface area (Å²) in [6.07, 6.45) is 3.61. The Bertz CT molecular complexity index is 1120. The third-order valence-corrected chi connectivity index (χ3v) is 5.65. The molecule has 4 heteroatoms. The molecule has 0 saturated carbocycles. The van der Waals surface area contributed by atoms with Crippen molar-refractivity contribution in [3.05, 3.63) is 83.1 Å². The van der Waals surface area contributed by atoms with Crippen LogP contribution < -0.4 is 0 Å². The van der Waals surface area contributed by atoms with Gasteiger partial charge in [-0.1, -0.05) is 69.6 Å². The van der Waals surface area contributed by atoms with E-state index >= 15 is 0 Å². The van der Waals surface area contributed by atoms with E-state index in [2.05, 4.69) is 55.9 Å². The van der Waals surface area contributed by atoms with Gasteiger partial charge in [-0.15, -0.1) is 0 Å². The molecule has 0 aliphatic heterocycles. The van der Waals surface area contributed by atoms with Gasteiger partial charge in [-0.25, -0.2) is 4.98 Å². The highest BCUT2D eigenvalue weighted by molar-refractivity contribution is 6.30. The maximum Gasteiger partial charge on any atom is 0.139 e. The largest absolute Gasteiger partial charge is 0.337 e. The van der Waals surface area contributed by atoms with Crippen LogP contribution in [0.2, 0.25) is 5.02 Å². The zero-order chi connectivity index (χ0) is 21.3. The van der Waals surface area contributed by atoms with Gasteiger partial charge in [0.05, 0.1) is 11.4 Å². The number of nitrogens with zero attached hydrogens (tertiary/aromatic N) is 2. The van der Waals surface area contributed by atoms with Crippen molar-refractivity contribution in [2.45, 2.75) is 39.5 Å². The first kappa shape index (κ1) is 20.4. The second-order valence-corrected chi connectivity index (χ2v) is 8.61. The molecular formula is C26H26ClN3. The number of hydrogen-bond donors (Lipinski definition) is 1. The van der Waals surface area contributed by atoms with Gasteiger partial charge in [-0.05, 0) is 47.2 Å². The monoisotopic (exact) mass is 415 g/mol. The van der Waals surface area contributed by atoms with Crippen LogP contribution in [-0.4, -0.2) is 15.0 Å².